The number of hydrogen-bond donors (Lipinski definition) is 2. The van der Waals surface area contributed by atoms with Crippen molar-refractivity contribution in [2.75, 3.05) is 0 Å². The van der Waals surface area contributed by atoms with Gasteiger partial charge in [0.15, 0.2) is 0 Å². The first-order chi connectivity index (χ1) is 13.4. The molecule has 3 aromatic rings. The molecule has 0 saturated heterocycles. The molecule has 1 heterocycles. The van der Waals surface area contributed by atoms with Crippen molar-refractivity contribution in [3.05, 3.63) is 81.1 Å². The molecule has 3 rings (SSSR count). The molecule has 0 saturated carbocycles. The summed E-state index contributed by atoms with van der Waals surface area (Å²) < 4.78 is 1.63. The second-order valence-electron chi connectivity index (χ2n) is 6.34. The molecule has 0 radical (unpaired) electrons. The van der Waals surface area contributed by atoms with Crippen molar-refractivity contribution in [2.45, 2.75) is 25.9 Å². The number of para-hydroxylation sites is 1. The fourth-order valence-electron chi connectivity index (χ4n) is 3.16. The number of pyridine rings is 1. The summed E-state index contributed by atoms with van der Waals surface area (Å²) in [6.07, 6.45) is -0.00499. The molecule has 29 heavy (non-hydrogen) atoms. The van der Waals surface area contributed by atoms with Crippen LogP contribution < -0.4 is 10.9 Å². The molecule has 0 aliphatic rings. The van der Waals surface area contributed by atoms with Crippen LogP contribution in [0.4, 0.5) is 0 Å². The highest BCUT2D eigenvalue weighted by Crippen LogP contribution is 2.19. The van der Waals surface area contributed by atoms with Gasteiger partial charge in [0.25, 0.3) is 11.5 Å². The first-order valence-electron chi connectivity index (χ1n) is 8.81. The molecule has 1 atom stereocenters. The van der Waals surface area contributed by atoms with Gasteiger partial charge in [-0.05, 0) is 42.8 Å². The van der Waals surface area contributed by atoms with E-state index in [4.69, 9.17) is 11.6 Å². The zero-order chi connectivity index (χ0) is 20.3. The van der Waals surface area contributed by atoms with E-state index in [0.29, 0.717) is 22.7 Å². The number of aromatic nitrogens is 1. The number of benzene rings is 2. The number of hydrogen-bond acceptors (Lipinski definition) is 3. The van der Waals surface area contributed by atoms with Crippen LogP contribution >= 0.6 is 11.6 Å². The second kappa shape index (κ2) is 9.36. The van der Waals surface area contributed by atoms with Crippen LogP contribution in [0.5, 0.6) is 0 Å². The molecule has 2 aromatic carbocycles. The Labute approximate surface area is 171 Å². The number of carboxylic acid groups (broad SMARTS) is 1. The largest absolute Gasteiger partial charge is 0.480 e. The third-order valence-electron chi connectivity index (χ3n) is 4.55. The average Bonchev–Trinajstić information content (AvgIpc) is 2.68. The Balaban J connectivity index is 0.00000300. The van der Waals surface area contributed by atoms with Gasteiger partial charge < -0.3 is 20.5 Å². The van der Waals surface area contributed by atoms with Gasteiger partial charge in [-0.1, -0.05) is 29.8 Å². The van der Waals surface area contributed by atoms with Gasteiger partial charge in [0.1, 0.15) is 6.04 Å². The molecule has 0 aliphatic carbocycles. The van der Waals surface area contributed by atoms with Crippen LogP contribution in [0.25, 0.3) is 10.9 Å². The summed E-state index contributed by atoms with van der Waals surface area (Å²) in [7, 11) is 0. The van der Waals surface area contributed by atoms with Crippen molar-refractivity contribution < 1.29 is 20.2 Å². The lowest BCUT2D eigenvalue weighted by Gasteiger charge is -2.17. The number of amides is 1. The van der Waals surface area contributed by atoms with Crippen LogP contribution in [-0.4, -0.2) is 33.1 Å². The molecule has 8 heteroatoms. The third kappa shape index (κ3) is 4.82. The number of nitrogens with one attached hydrogen (secondary N) is 1. The van der Waals surface area contributed by atoms with Crippen LogP contribution in [0.2, 0.25) is 5.02 Å². The van der Waals surface area contributed by atoms with Crippen molar-refractivity contribution in [1.82, 2.24) is 9.88 Å². The Bertz CT molecular complexity index is 1090. The molecular formula is C21H21ClN2O5. The van der Waals surface area contributed by atoms with Gasteiger partial charge in [0, 0.05) is 35.0 Å². The monoisotopic (exact) mass is 416 g/mol. The maximum Gasteiger partial charge on any atom is 0.326 e. The SMILES string of the molecule is CCn1c(=O)cc(CC(NC(=O)c2ccc(Cl)cc2)C(=O)O)c2ccccc21.O. The number of nitrogens with zero attached hydrogens (tertiary/aromatic N) is 1. The van der Waals surface area contributed by atoms with E-state index in [1.165, 1.54) is 18.2 Å². The summed E-state index contributed by atoms with van der Waals surface area (Å²) >= 11 is 5.82. The number of carboxylic acids is 1. The Kier molecular flexibility index (Phi) is 7.14. The molecule has 1 aromatic heterocycles. The number of aryl methyl sites for hydroxylation is 1. The van der Waals surface area contributed by atoms with Crippen LogP contribution in [-0.2, 0) is 17.8 Å². The van der Waals surface area contributed by atoms with Gasteiger partial charge in [-0.15, -0.1) is 0 Å². The molecular weight excluding hydrogens is 396 g/mol. The van der Waals surface area contributed by atoms with Crippen molar-refractivity contribution in [1.29, 1.82) is 0 Å². The Morgan fingerprint density at radius 3 is 2.41 bits per heavy atom. The first-order valence-corrected chi connectivity index (χ1v) is 9.19. The molecule has 1 amide bonds. The maximum absolute atomic E-state index is 12.4. The number of halogens is 1. The van der Waals surface area contributed by atoms with E-state index in [0.717, 1.165) is 10.9 Å². The highest BCUT2D eigenvalue weighted by atomic mass is 35.5. The zero-order valence-corrected chi connectivity index (χ0v) is 16.4. The van der Waals surface area contributed by atoms with Crippen LogP contribution in [0.1, 0.15) is 22.8 Å². The Morgan fingerprint density at radius 2 is 1.79 bits per heavy atom. The highest BCUT2D eigenvalue weighted by Gasteiger charge is 2.23. The van der Waals surface area contributed by atoms with Crippen LogP contribution in [0.3, 0.4) is 0 Å². The average molecular weight is 417 g/mol. The second-order valence-corrected chi connectivity index (χ2v) is 6.78. The van der Waals surface area contributed by atoms with Crippen molar-refractivity contribution in [2.24, 2.45) is 0 Å². The molecule has 152 valence electrons. The van der Waals surface area contributed by atoms with E-state index in [1.807, 2.05) is 31.2 Å². The summed E-state index contributed by atoms with van der Waals surface area (Å²) in [5, 5.41) is 13.4. The fraction of sp³-hybridized carbons (Fsp3) is 0.190. The summed E-state index contributed by atoms with van der Waals surface area (Å²) in [5.74, 6) is -1.69. The number of carbonyl (C=O) groups is 2. The van der Waals surface area contributed by atoms with Gasteiger partial charge in [-0.25, -0.2) is 4.79 Å². The Morgan fingerprint density at radius 1 is 1.14 bits per heavy atom. The number of rotatable bonds is 6. The lowest BCUT2D eigenvalue weighted by atomic mass is 10.0. The van der Waals surface area contributed by atoms with Crippen molar-refractivity contribution in [3.8, 4) is 0 Å². The minimum atomic E-state index is -1.18. The standard InChI is InChI=1S/C21H19ClN2O4.H2O/c1-2-24-18-6-4-3-5-16(18)14(12-19(24)25)11-17(21(27)28)23-20(26)13-7-9-15(22)10-8-13;/h3-10,12,17H,2,11H2,1H3,(H,23,26)(H,27,28);1H2. The topological polar surface area (TPSA) is 120 Å². The van der Waals surface area contributed by atoms with E-state index in [9.17, 15) is 19.5 Å². The minimum Gasteiger partial charge on any atom is -0.480 e. The molecule has 0 aliphatic heterocycles. The summed E-state index contributed by atoms with van der Waals surface area (Å²) in [6, 6.07) is 13.8. The summed E-state index contributed by atoms with van der Waals surface area (Å²) in [4.78, 5) is 36.6. The third-order valence-corrected chi connectivity index (χ3v) is 4.81. The van der Waals surface area contributed by atoms with Gasteiger partial charge in [0.05, 0.1) is 5.52 Å². The predicted octanol–water partition coefficient (Wildman–Crippen LogP) is 2.28. The summed E-state index contributed by atoms with van der Waals surface area (Å²) in [6.45, 7) is 2.38. The van der Waals surface area contributed by atoms with E-state index in [1.54, 1.807) is 16.7 Å². The molecule has 4 N–H and O–H groups in total. The van der Waals surface area contributed by atoms with Gasteiger partial charge in [-0.2, -0.15) is 0 Å². The zero-order valence-electron chi connectivity index (χ0n) is 15.7. The van der Waals surface area contributed by atoms with Gasteiger partial charge in [-0.3, -0.25) is 9.59 Å². The smallest absolute Gasteiger partial charge is 0.326 e. The molecule has 1 unspecified atom stereocenters. The predicted molar refractivity (Wildman–Crippen MR) is 112 cm³/mol. The normalized spacial score (nSPS) is 11.5. The van der Waals surface area contributed by atoms with E-state index < -0.39 is 17.9 Å². The van der Waals surface area contributed by atoms with E-state index in [2.05, 4.69) is 5.32 Å². The summed E-state index contributed by atoms with van der Waals surface area (Å²) in [5.41, 5.74) is 1.42. The number of fused-ring (bicyclic) bond motifs is 1. The van der Waals surface area contributed by atoms with Crippen LogP contribution in [0, 0.1) is 0 Å². The lowest BCUT2D eigenvalue weighted by Crippen LogP contribution is -2.42. The number of aliphatic carboxylic acids is 1. The van der Waals surface area contributed by atoms with Crippen molar-refractivity contribution in [3.63, 3.8) is 0 Å². The molecule has 0 fully saturated rings. The van der Waals surface area contributed by atoms with Gasteiger partial charge >= 0.3 is 5.97 Å². The molecule has 0 spiro atoms. The van der Waals surface area contributed by atoms with E-state index in [-0.39, 0.29) is 17.5 Å². The van der Waals surface area contributed by atoms with Gasteiger partial charge in [0.2, 0.25) is 0 Å². The maximum atomic E-state index is 12.4. The first kappa shape index (κ1) is 22.1. The highest BCUT2D eigenvalue weighted by molar-refractivity contribution is 6.30. The number of carbonyl (C=O) groups excluding carboxylic acids is 1. The molecule has 0 bridgehead atoms. The fourth-order valence-corrected chi connectivity index (χ4v) is 3.29. The van der Waals surface area contributed by atoms with E-state index >= 15 is 0 Å². The molecule has 7 nitrogen and oxygen atoms in total. The quantitative estimate of drug-likeness (QED) is 0.640. The minimum absolute atomic E-state index is 0. The van der Waals surface area contributed by atoms with Crippen molar-refractivity contribution >= 4 is 34.4 Å². The lowest BCUT2D eigenvalue weighted by molar-refractivity contribution is -0.139. The Hall–Kier alpha value is -3.16. The van der Waals surface area contributed by atoms with Crippen LogP contribution in [0.15, 0.2) is 59.4 Å².